The monoisotopic (exact) mass is 465 g/mol. The number of hydrogen-bond acceptors (Lipinski definition) is 4. The molecule has 7 heteroatoms. The number of nitrogens with one attached hydrogen (secondary N) is 1. The van der Waals surface area contributed by atoms with Gasteiger partial charge in [-0.15, -0.1) is 0 Å². The summed E-state index contributed by atoms with van der Waals surface area (Å²) in [6.45, 7) is 5.46. The van der Waals surface area contributed by atoms with E-state index in [2.05, 4.69) is 11.1 Å². The van der Waals surface area contributed by atoms with E-state index in [1.165, 1.54) is 7.11 Å². The molecule has 0 aliphatic rings. The Morgan fingerprint density at radius 1 is 0.941 bits per heavy atom. The van der Waals surface area contributed by atoms with Crippen molar-refractivity contribution in [1.82, 2.24) is 14.8 Å². The number of carbonyl (C=O) groups excluding carboxylic acids is 2. The molecule has 0 saturated heterocycles. The number of hydrogen-bond donors (Lipinski definition) is 1. The number of carbonyl (C=O) groups is 2. The van der Waals surface area contributed by atoms with Gasteiger partial charge in [0.1, 0.15) is 12.4 Å². The fourth-order valence-electron chi connectivity index (χ4n) is 4.10. The normalized spacial score (nSPS) is 11.1. The van der Waals surface area contributed by atoms with E-state index in [-0.39, 0.29) is 30.9 Å². The van der Waals surface area contributed by atoms with Crippen LogP contribution in [0.1, 0.15) is 25.0 Å². The molecule has 2 amide bonds. The van der Waals surface area contributed by atoms with Gasteiger partial charge in [0.15, 0.2) is 0 Å². The first kappa shape index (κ1) is 25.3. The van der Waals surface area contributed by atoms with Crippen molar-refractivity contribution in [1.29, 1.82) is 0 Å². The Balaban J connectivity index is 1.82. The number of nitrogens with zero attached hydrogens (tertiary/aromatic N) is 2. The van der Waals surface area contributed by atoms with Gasteiger partial charge in [0, 0.05) is 49.4 Å². The molecule has 0 aliphatic heterocycles. The van der Waals surface area contributed by atoms with Crippen LogP contribution in [0.2, 0.25) is 0 Å². The van der Waals surface area contributed by atoms with E-state index in [9.17, 15) is 9.59 Å². The van der Waals surface area contributed by atoms with Crippen LogP contribution in [0, 0.1) is 5.92 Å². The van der Waals surface area contributed by atoms with Crippen LogP contribution in [-0.2, 0) is 27.3 Å². The molecule has 1 N–H and O–H groups in total. The topological polar surface area (TPSA) is 74.9 Å². The number of H-pyrrole nitrogens is 1. The average molecular weight is 466 g/mol. The number of para-hydroxylation sites is 2. The van der Waals surface area contributed by atoms with Crippen LogP contribution in [-0.4, -0.2) is 67.1 Å². The van der Waals surface area contributed by atoms with Gasteiger partial charge in [-0.25, -0.2) is 0 Å². The highest BCUT2D eigenvalue weighted by Gasteiger charge is 2.23. The van der Waals surface area contributed by atoms with Crippen LogP contribution in [0.3, 0.4) is 0 Å². The van der Waals surface area contributed by atoms with Crippen LogP contribution in [0.25, 0.3) is 10.9 Å². The molecular weight excluding hydrogens is 430 g/mol. The second-order valence-electron chi connectivity index (χ2n) is 8.84. The van der Waals surface area contributed by atoms with Gasteiger partial charge in [-0.2, -0.15) is 0 Å². The molecule has 2 aromatic carbocycles. The summed E-state index contributed by atoms with van der Waals surface area (Å²) in [7, 11) is 3.12. The van der Waals surface area contributed by atoms with Gasteiger partial charge in [-0.1, -0.05) is 50.2 Å². The predicted octanol–water partition coefficient (Wildman–Crippen LogP) is 3.88. The highest BCUT2D eigenvalue weighted by Crippen LogP contribution is 2.22. The summed E-state index contributed by atoms with van der Waals surface area (Å²) in [5, 5.41) is 1.16. The SMILES string of the molecule is COCC(=O)N(CC(=O)N(CCc1c[nH]c2ccccc12)Cc1ccccc1OC)CC(C)C. The van der Waals surface area contributed by atoms with Crippen LogP contribution in [0.5, 0.6) is 5.75 Å². The summed E-state index contributed by atoms with van der Waals surface area (Å²) in [5.74, 6) is 0.693. The van der Waals surface area contributed by atoms with Gasteiger partial charge in [0.2, 0.25) is 11.8 Å². The first-order valence-corrected chi connectivity index (χ1v) is 11.6. The fourth-order valence-corrected chi connectivity index (χ4v) is 4.10. The van der Waals surface area contributed by atoms with E-state index in [0.717, 1.165) is 27.8 Å². The number of rotatable bonds is 12. The van der Waals surface area contributed by atoms with Crippen LogP contribution in [0.4, 0.5) is 0 Å². The quantitative estimate of drug-likeness (QED) is 0.441. The molecule has 0 aliphatic carbocycles. The van der Waals surface area contributed by atoms with Crippen LogP contribution >= 0.6 is 0 Å². The first-order valence-electron chi connectivity index (χ1n) is 11.6. The third-order valence-corrected chi connectivity index (χ3v) is 5.76. The zero-order valence-electron chi connectivity index (χ0n) is 20.5. The lowest BCUT2D eigenvalue weighted by molar-refractivity contribution is -0.143. The second-order valence-corrected chi connectivity index (χ2v) is 8.84. The average Bonchev–Trinajstić information content (AvgIpc) is 3.24. The molecular formula is C27H35N3O4. The maximum absolute atomic E-state index is 13.5. The van der Waals surface area contributed by atoms with E-state index in [1.807, 2.05) is 67.4 Å². The summed E-state index contributed by atoms with van der Waals surface area (Å²) in [6.07, 6.45) is 2.70. The van der Waals surface area contributed by atoms with Gasteiger partial charge < -0.3 is 24.3 Å². The van der Waals surface area contributed by atoms with Crippen molar-refractivity contribution < 1.29 is 19.1 Å². The molecule has 1 heterocycles. The number of ether oxygens (including phenoxy) is 2. The Kier molecular flexibility index (Phi) is 9.10. The molecule has 1 aromatic heterocycles. The van der Waals surface area contributed by atoms with Crippen LogP contribution < -0.4 is 4.74 Å². The lowest BCUT2D eigenvalue weighted by Crippen LogP contribution is -2.45. The van der Waals surface area contributed by atoms with Gasteiger partial charge in [-0.05, 0) is 30.0 Å². The van der Waals surface area contributed by atoms with E-state index < -0.39 is 0 Å². The number of methoxy groups -OCH3 is 2. The Morgan fingerprint density at radius 3 is 2.41 bits per heavy atom. The predicted molar refractivity (Wildman–Crippen MR) is 134 cm³/mol. The highest BCUT2D eigenvalue weighted by atomic mass is 16.5. The standard InChI is InChI=1S/C27H35N3O4/c1-20(2)16-30(27(32)19-33-3)18-26(31)29(17-22-9-5-8-12-25(22)34-4)14-13-21-15-28-24-11-7-6-10-23(21)24/h5-12,15,20,28H,13-14,16-19H2,1-4H3. The van der Waals surface area contributed by atoms with Crippen molar-refractivity contribution in [2.45, 2.75) is 26.8 Å². The molecule has 0 atom stereocenters. The van der Waals surface area contributed by atoms with E-state index in [0.29, 0.717) is 26.1 Å². The van der Waals surface area contributed by atoms with Crippen molar-refractivity contribution in [2.75, 3.05) is 40.5 Å². The molecule has 0 spiro atoms. The summed E-state index contributed by atoms with van der Waals surface area (Å²) in [6, 6.07) is 15.9. The summed E-state index contributed by atoms with van der Waals surface area (Å²) in [4.78, 5) is 32.8. The molecule has 3 rings (SSSR count). The molecule has 34 heavy (non-hydrogen) atoms. The van der Waals surface area contributed by atoms with Crippen molar-refractivity contribution in [3.63, 3.8) is 0 Å². The van der Waals surface area contributed by atoms with Gasteiger partial charge >= 0.3 is 0 Å². The number of aromatic amines is 1. The number of fused-ring (bicyclic) bond motifs is 1. The van der Waals surface area contributed by atoms with Crippen molar-refractivity contribution >= 4 is 22.7 Å². The summed E-state index contributed by atoms with van der Waals surface area (Å²) in [5.41, 5.74) is 3.16. The zero-order chi connectivity index (χ0) is 24.5. The fraction of sp³-hybridized carbons (Fsp3) is 0.407. The van der Waals surface area contributed by atoms with Gasteiger partial charge in [0.05, 0.1) is 13.7 Å². The Hall–Kier alpha value is -3.32. The van der Waals surface area contributed by atoms with E-state index in [4.69, 9.17) is 9.47 Å². The summed E-state index contributed by atoms with van der Waals surface area (Å²) < 4.78 is 10.5. The minimum absolute atomic E-state index is 0.0173. The minimum Gasteiger partial charge on any atom is -0.496 e. The second kappa shape index (κ2) is 12.2. The largest absolute Gasteiger partial charge is 0.496 e. The molecule has 7 nitrogen and oxygen atoms in total. The molecule has 3 aromatic rings. The van der Waals surface area contributed by atoms with E-state index >= 15 is 0 Å². The minimum atomic E-state index is -0.182. The van der Waals surface area contributed by atoms with Crippen LogP contribution in [0.15, 0.2) is 54.7 Å². The Labute approximate surface area is 201 Å². The third-order valence-electron chi connectivity index (χ3n) is 5.76. The zero-order valence-corrected chi connectivity index (χ0v) is 20.5. The van der Waals surface area contributed by atoms with Crippen molar-refractivity contribution in [3.05, 3.63) is 65.9 Å². The molecule has 0 saturated carbocycles. The molecule has 0 bridgehead atoms. The van der Waals surface area contributed by atoms with Crippen molar-refractivity contribution in [3.8, 4) is 5.75 Å². The molecule has 182 valence electrons. The van der Waals surface area contributed by atoms with Gasteiger partial charge in [-0.3, -0.25) is 9.59 Å². The lowest BCUT2D eigenvalue weighted by Gasteiger charge is -2.29. The Bertz CT molecular complexity index is 1090. The molecule has 0 unspecified atom stereocenters. The maximum Gasteiger partial charge on any atom is 0.249 e. The van der Waals surface area contributed by atoms with E-state index in [1.54, 1.807) is 12.0 Å². The Morgan fingerprint density at radius 2 is 1.68 bits per heavy atom. The lowest BCUT2D eigenvalue weighted by atomic mass is 10.1. The maximum atomic E-state index is 13.5. The smallest absolute Gasteiger partial charge is 0.249 e. The highest BCUT2D eigenvalue weighted by molar-refractivity contribution is 5.86. The van der Waals surface area contributed by atoms with Crippen molar-refractivity contribution in [2.24, 2.45) is 5.92 Å². The molecule has 0 fully saturated rings. The first-order chi connectivity index (χ1) is 16.4. The number of amides is 2. The van der Waals surface area contributed by atoms with Gasteiger partial charge in [0.25, 0.3) is 0 Å². The summed E-state index contributed by atoms with van der Waals surface area (Å²) >= 11 is 0. The molecule has 0 radical (unpaired) electrons. The number of benzene rings is 2. The third kappa shape index (κ3) is 6.60. The number of aromatic nitrogens is 1.